The largest absolute Gasteiger partial charge is 0.462 e. The summed E-state index contributed by atoms with van der Waals surface area (Å²) in [5, 5.41) is 0. The van der Waals surface area contributed by atoms with Gasteiger partial charge < -0.3 is 14.2 Å². The van der Waals surface area contributed by atoms with Crippen LogP contribution in [-0.2, 0) is 28.6 Å². The van der Waals surface area contributed by atoms with Crippen LogP contribution in [0.25, 0.3) is 0 Å². The van der Waals surface area contributed by atoms with Gasteiger partial charge in [-0.25, -0.2) is 0 Å². The molecule has 0 N–H and O–H groups in total. The Balaban J connectivity index is 4.23. The molecule has 0 aliphatic heterocycles. The molecule has 6 nitrogen and oxygen atoms in total. The molecule has 0 aromatic heterocycles. The van der Waals surface area contributed by atoms with Crippen LogP contribution in [0.2, 0.25) is 0 Å². The van der Waals surface area contributed by atoms with E-state index in [2.05, 4.69) is 34.6 Å². The Morgan fingerprint density at radius 2 is 0.532 bits per heavy atom. The first kappa shape index (κ1) is 60.4. The number of hydrogen-bond donors (Lipinski definition) is 0. The van der Waals surface area contributed by atoms with Crippen molar-refractivity contribution in [1.29, 1.82) is 0 Å². The molecule has 0 aromatic carbocycles. The molecule has 368 valence electrons. The van der Waals surface area contributed by atoms with E-state index in [9.17, 15) is 14.4 Å². The fourth-order valence-corrected chi connectivity index (χ4v) is 8.52. The van der Waals surface area contributed by atoms with E-state index < -0.39 is 6.10 Å². The number of carbonyl (C=O) groups is 3. The van der Waals surface area contributed by atoms with Crippen molar-refractivity contribution in [3.8, 4) is 0 Å². The second kappa shape index (κ2) is 48.9. The molecule has 0 amide bonds. The summed E-state index contributed by atoms with van der Waals surface area (Å²) in [4.78, 5) is 38.0. The summed E-state index contributed by atoms with van der Waals surface area (Å²) in [6.45, 7) is 11.4. The van der Waals surface area contributed by atoms with Crippen molar-refractivity contribution in [2.24, 2.45) is 11.8 Å². The summed E-state index contributed by atoms with van der Waals surface area (Å²) in [7, 11) is 0. The maximum Gasteiger partial charge on any atom is 0.306 e. The summed E-state index contributed by atoms with van der Waals surface area (Å²) in [6.07, 6.45) is 51.0. The van der Waals surface area contributed by atoms with Gasteiger partial charge in [-0.15, -0.1) is 0 Å². The SMILES string of the molecule is CCCCCCCCCCCCCCCCCCCC(=O)OC[C@H](COC(=O)CCCCCCCCCCCCCCCCC(C)C)OC(=O)CCCCCCCCCC(C)C. The third-order valence-electron chi connectivity index (χ3n) is 12.7. The van der Waals surface area contributed by atoms with E-state index in [-0.39, 0.29) is 31.1 Å². The minimum atomic E-state index is -0.762. The van der Waals surface area contributed by atoms with E-state index >= 15 is 0 Å². The van der Waals surface area contributed by atoms with Gasteiger partial charge in [0.15, 0.2) is 6.10 Å². The number of hydrogen-bond acceptors (Lipinski definition) is 6. The normalized spacial score (nSPS) is 12.0. The second-order valence-corrected chi connectivity index (χ2v) is 20.2. The minimum Gasteiger partial charge on any atom is -0.462 e. The highest BCUT2D eigenvalue weighted by molar-refractivity contribution is 5.71. The van der Waals surface area contributed by atoms with Crippen molar-refractivity contribution >= 4 is 17.9 Å². The van der Waals surface area contributed by atoms with Gasteiger partial charge >= 0.3 is 17.9 Å². The van der Waals surface area contributed by atoms with Crippen LogP contribution in [0.15, 0.2) is 0 Å². The van der Waals surface area contributed by atoms with Crippen molar-refractivity contribution in [3.63, 3.8) is 0 Å². The maximum absolute atomic E-state index is 12.8. The molecular weight excluding hydrogens is 769 g/mol. The van der Waals surface area contributed by atoms with Crippen LogP contribution in [0.1, 0.15) is 311 Å². The number of unbranched alkanes of at least 4 members (excludes halogenated alkanes) is 35. The van der Waals surface area contributed by atoms with E-state index in [0.717, 1.165) is 69.6 Å². The summed E-state index contributed by atoms with van der Waals surface area (Å²) in [6, 6.07) is 0. The highest BCUT2D eigenvalue weighted by Gasteiger charge is 2.19. The Bertz CT molecular complexity index is 947. The summed E-state index contributed by atoms with van der Waals surface area (Å²) >= 11 is 0. The van der Waals surface area contributed by atoms with Gasteiger partial charge in [0.25, 0.3) is 0 Å². The zero-order valence-electron chi connectivity index (χ0n) is 42.5. The first-order valence-corrected chi connectivity index (χ1v) is 27.7. The minimum absolute atomic E-state index is 0.0639. The quantitative estimate of drug-likeness (QED) is 0.0344. The smallest absolute Gasteiger partial charge is 0.306 e. The maximum atomic E-state index is 12.8. The van der Waals surface area contributed by atoms with Crippen LogP contribution in [0.5, 0.6) is 0 Å². The predicted molar refractivity (Wildman–Crippen MR) is 266 cm³/mol. The molecule has 0 aliphatic carbocycles. The lowest BCUT2D eigenvalue weighted by atomic mass is 10.0. The van der Waals surface area contributed by atoms with Crippen molar-refractivity contribution < 1.29 is 28.6 Å². The Kier molecular flexibility index (Phi) is 47.6. The van der Waals surface area contributed by atoms with Crippen LogP contribution in [0.4, 0.5) is 0 Å². The molecule has 0 saturated carbocycles. The van der Waals surface area contributed by atoms with Crippen LogP contribution in [-0.4, -0.2) is 37.2 Å². The molecule has 0 spiro atoms. The second-order valence-electron chi connectivity index (χ2n) is 20.2. The van der Waals surface area contributed by atoms with Crippen molar-refractivity contribution in [3.05, 3.63) is 0 Å². The van der Waals surface area contributed by atoms with Gasteiger partial charge in [0.2, 0.25) is 0 Å². The highest BCUT2D eigenvalue weighted by atomic mass is 16.6. The molecule has 0 fully saturated rings. The van der Waals surface area contributed by atoms with Gasteiger partial charge in [-0.05, 0) is 31.1 Å². The summed E-state index contributed by atoms with van der Waals surface area (Å²) in [5.74, 6) is 0.776. The van der Waals surface area contributed by atoms with Gasteiger partial charge in [0.1, 0.15) is 13.2 Å². The summed E-state index contributed by atoms with van der Waals surface area (Å²) in [5.41, 5.74) is 0. The lowest BCUT2D eigenvalue weighted by Gasteiger charge is -2.18. The number of ether oxygens (including phenoxy) is 3. The summed E-state index contributed by atoms with van der Waals surface area (Å²) < 4.78 is 16.8. The lowest BCUT2D eigenvalue weighted by Crippen LogP contribution is -2.30. The molecule has 0 rings (SSSR count). The monoisotopic (exact) mass is 877 g/mol. The molecule has 0 heterocycles. The Morgan fingerprint density at radius 1 is 0.306 bits per heavy atom. The van der Waals surface area contributed by atoms with Crippen molar-refractivity contribution in [1.82, 2.24) is 0 Å². The Labute approximate surface area is 387 Å². The zero-order valence-corrected chi connectivity index (χ0v) is 42.5. The third-order valence-corrected chi connectivity index (χ3v) is 12.7. The fraction of sp³-hybridized carbons (Fsp3) is 0.946. The molecule has 0 radical (unpaired) electrons. The van der Waals surface area contributed by atoms with Gasteiger partial charge in [0, 0.05) is 19.3 Å². The van der Waals surface area contributed by atoms with Crippen LogP contribution >= 0.6 is 0 Å². The average molecular weight is 877 g/mol. The van der Waals surface area contributed by atoms with Gasteiger partial charge in [-0.3, -0.25) is 14.4 Å². The predicted octanol–water partition coefficient (Wildman–Crippen LogP) is 18.1. The standard InChI is InChI=1S/C56H108O6/c1-6-7-8-9-10-11-12-13-14-15-16-20-23-26-31-36-41-46-54(57)60-49-53(62-56(59)48-43-38-33-28-30-35-40-45-52(4)5)50-61-55(58)47-42-37-32-27-24-21-18-17-19-22-25-29-34-39-44-51(2)3/h51-53H,6-50H2,1-5H3/t53-/m1/s1. The van der Waals surface area contributed by atoms with E-state index in [1.54, 1.807) is 0 Å². The number of rotatable bonds is 50. The Morgan fingerprint density at radius 3 is 0.790 bits per heavy atom. The molecule has 1 atom stereocenters. The fourth-order valence-electron chi connectivity index (χ4n) is 8.52. The number of carbonyl (C=O) groups excluding carboxylic acids is 3. The van der Waals surface area contributed by atoms with Crippen molar-refractivity contribution in [2.75, 3.05) is 13.2 Å². The lowest BCUT2D eigenvalue weighted by molar-refractivity contribution is -0.167. The molecule has 0 unspecified atom stereocenters. The topological polar surface area (TPSA) is 78.9 Å². The average Bonchev–Trinajstić information content (AvgIpc) is 3.24. The first-order chi connectivity index (χ1) is 30.2. The highest BCUT2D eigenvalue weighted by Crippen LogP contribution is 2.18. The first-order valence-electron chi connectivity index (χ1n) is 27.7. The Hall–Kier alpha value is -1.59. The van der Waals surface area contributed by atoms with E-state index in [1.807, 2.05) is 0 Å². The molecule has 6 heteroatoms. The van der Waals surface area contributed by atoms with Gasteiger partial charge in [-0.1, -0.05) is 272 Å². The number of esters is 3. The molecule has 0 aromatic rings. The van der Waals surface area contributed by atoms with E-state index in [0.29, 0.717) is 19.3 Å². The van der Waals surface area contributed by atoms with Gasteiger partial charge in [-0.2, -0.15) is 0 Å². The van der Waals surface area contributed by atoms with Gasteiger partial charge in [0.05, 0.1) is 0 Å². The zero-order chi connectivity index (χ0) is 45.4. The van der Waals surface area contributed by atoms with Crippen LogP contribution < -0.4 is 0 Å². The van der Waals surface area contributed by atoms with Crippen LogP contribution in [0.3, 0.4) is 0 Å². The van der Waals surface area contributed by atoms with E-state index in [4.69, 9.17) is 14.2 Å². The molecule has 0 aliphatic rings. The van der Waals surface area contributed by atoms with E-state index in [1.165, 1.54) is 199 Å². The van der Waals surface area contributed by atoms with Crippen molar-refractivity contribution in [2.45, 2.75) is 317 Å². The molecule has 62 heavy (non-hydrogen) atoms. The molecule has 0 saturated heterocycles. The molecule has 0 bridgehead atoms. The third kappa shape index (κ3) is 49.4. The van der Waals surface area contributed by atoms with Crippen LogP contribution in [0, 0.1) is 11.8 Å². The molecular formula is C56H108O6.